The second-order valence-corrected chi connectivity index (χ2v) is 9.15. The van der Waals surface area contributed by atoms with E-state index in [1.54, 1.807) is 31.2 Å². The molecule has 0 atom stereocenters. The van der Waals surface area contributed by atoms with Crippen molar-refractivity contribution in [2.75, 3.05) is 6.61 Å². The summed E-state index contributed by atoms with van der Waals surface area (Å²) < 4.78 is 27.3. The predicted molar refractivity (Wildman–Crippen MR) is 146 cm³/mol. The second-order valence-electron chi connectivity index (χ2n) is 8.24. The molecule has 0 amide bonds. The Kier molecular flexibility index (Phi) is 8.47. The molecule has 0 saturated heterocycles. The molecule has 0 saturated carbocycles. The van der Waals surface area contributed by atoms with Crippen LogP contribution in [0, 0.1) is 15.9 Å². The third-order valence-electron chi connectivity index (χ3n) is 5.56. The molecule has 1 aromatic heterocycles. The first-order valence-corrected chi connectivity index (χ1v) is 12.7. The highest BCUT2D eigenvalue weighted by atomic mass is 79.9. The molecule has 0 bridgehead atoms. The molecule has 0 N–H and O–H groups in total. The molecular weight excluding hydrogens is 559 g/mol. The van der Waals surface area contributed by atoms with Gasteiger partial charge in [0.15, 0.2) is 5.75 Å². The summed E-state index contributed by atoms with van der Waals surface area (Å²) >= 11 is 3.37. The molecule has 3 aromatic carbocycles. The third kappa shape index (κ3) is 5.88. The summed E-state index contributed by atoms with van der Waals surface area (Å²) in [4.78, 5) is 29.2. The molecule has 0 aliphatic heterocycles. The van der Waals surface area contributed by atoms with Crippen molar-refractivity contribution < 1.29 is 18.8 Å². The van der Waals surface area contributed by atoms with Crippen LogP contribution in [0.3, 0.4) is 0 Å². The van der Waals surface area contributed by atoms with E-state index in [1.165, 1.54) is 35.2 Å². The maximum atomic E-state index is 14.1. The molecule has 196 valence electrons. The Bertz CT molecular complexity index is 1590. The van der Waals surface area contributed by atoms with Crippen LogP contribution in [0.5, 0.6) is 11.5 Å². The number of nitro benzene ring substituents is 1. The Labute approximate surface area is 225 Å². The highest BCUT2D eigenvalue weighted by Crippen LogP contribution is 2.39. The quantitative estimate of drug-likeness (QED) is 0.128. The topological polar surface area (TPSA) is 109 Å². The summed E-state index contributed by atoms with van der Waals surface area (Å²) in [5, 5.41) is 16.7. The van der Waals surface area contributed by atoms with Crippen LogP contribution in [-0.2, 0) is 13.0 Å². The average molecular weight is 583 g/mol. The first kappa shape index (κ1) is 26.9. The van der Waals surface area contributed by atoms with Crippen molar-refractivity contribution in [3.63, 3.8) is 0 Å². The van der Waals surface area contributed by atoms with Gasteiger partial charge in [-0.1, -0.05) is 41.1 Å². The normalized spacial score (nSPS) is 11.3. The summed E-state index contributed by atoms with van der Waals surface area (Å²) in [6.45, 7) is 3.67. The number of aryl methyl sites for hydroxylation is 1. The number of hydrogen-bond donors (Lipinski definition) is 0. The van der Waals surface area contributed by atoms with Crippen molar-refractivity contribution in [3.8, 4) is 11.5 Å². The van der Waals surface area contributed by atoms with E-state index in [2.05, 4.69) is 26.0 Å². The average Bonchev–Trinajstić information content (AvgIpc) is 2.89. The van der Waals surface area contributed by atoms with E-state index in [9.17, 15) is 19.3 Å². The van der Waals surface area contributed by atoms with Crippen molar-refractivity contribution >= 4 is 38.7 Å². The highest BCUT2D eigenvalue weighted by Gasteiger charge is 2.23. The molecule has 0 aliphatic carbocycles. The van der Waals surface area contributed by atoms with E-state index in [4.69, 9.17) is 9.47 Å². The summed E-state index contributed by atoms with van der Waals surface area (Å²) in [5.74, 6) is -0.0475. The Morgan fingerprint density at radius 3 is 2.66 bits per heavy atom. The van der Waals surface area contributed by atoms with Gasteiger partial charge in [0.05, 0.1) is 28.6 Å². The number of benzene rings is 3. The van der Waals surface area contributed by atoms with Crippen molar-refractivity contribution in [2.24, 2.45) is 5.10 Å². The lowest BCUT2D eigenvalue weighted by Crippen LogP contribution is -2.22. The fraction of sp³-hybridized carbons (Fsp3) is 0.222. The smallest absolute Gasteiger partial charge is 0.315 e. The second kappa shape index (κ2) is 12.0. The zero-order valence-electron chi connectivity index (χ0n) is 20.7. The maximum Gasteiger partial charge on any atom is 0.315 e. The van der Waals surface area contributed by atoms with Gasteiger partial charge >= 0.3 is 5.69 Å². The van der Waals surface area contributed by atoms with Gasteiger partial charge < -0.3 is 9.47 Å². The van der Waals surface area contributed by atoms with Crippen LogP contribution in [0.15, 0.2) is 69.0 Å². The summed E-state index contributed by atoms with van der Waals surface area (Å²) in [6, 6.07) is 14.0. The lowest BCUT2D eigenvalue weighted by Gasteiger charge is -2.13. The van der Waals surface area contributed by atoms with Crippen molar-refractivity contribution in [2.45, 2.75) is 33.3 Å². The van der Waals surface area contributed by atoms with E-state index < -0.39 is 10.7 Å². The number of rotatable bonds is 10. The van der Waals surface area contributed by atoms with Crippen LogP contribution in [0.2, 0.25) is 0 Å². The van der Waals surface area contributed by atoms with E-state index in [-0.39, 0.29) is 41.5 Å². The molecule has 4 rings (SSSR count). The minimum atomic E-state index is -0.611. The number of ether oxygens (including phenoxy) is 2. The number of nitrogens with zero attached hydrogens (tertiary/aromatic N) is 4. The van der Waals surface area contributed by atoms with Crippen molar-refractivity contribution in [3.05, 3.63) is 102 Å². The standard InChI is InChI=1S/C27H24BrFN4O5/c1-3-7-25-31-22-11-10-19(28)14-20(22)27(34)32(25)30-15-17-12-23(33(35)36)26(24(13-17)37-4-2)38-16-18-8-5-6-9-21(18)29/h5-6,8-15H,3-4,7,16H2,1-2H3. The number of hydrogen-bond acceptors (Lipinski definition) is 7. The zero-order valence-corrected chi connectivity index (χ0v) is 22.3. The largest absolute Gasteiger partial charge is 0.490 e. The van der Waals surface area contributed by atoms with Crippen LogP contribution in [0.25, 0.3) is 10.9 Å². The molecule has 0 aliphatic rings. The number of fused-ring (bicyclic) bond motifs is 1. The Morgan fingerprint density at radius 2 is 1.95 bits per heavy atom. The van der Waals surface area contributed by atoms with Crippen LogP contribution < -0.4 is 15.0 Å². The van der Waals surface area contributed by atoms with Gasteiger partial charge in [-0.25, -0.2) is 9.37 Å². The van der Waals surface area contributed by atoms with Crippen molar-refractivity contribution in [1.82, 2.24) is 9.66 Å². The Balaban J connectivity index is 1.77. The van der Waals surface area contributed by atoms with E-state index in [0.717, 1.165) is 10.9 Å². The summed E-state index contributed by atoms with van der Waals surface area (Å²) in [7, 11) is 0. The fourth-order valence-electron chi connectivity index (χ4n) is 3.82. The van der Waals surface area contributed by atoms with Gasteiger partial charge in [-0.05, 0) is 43.7 Å². The molecule has 0 unspecified atom stereocenters. The lowest BCUT2D eigenvalue weighted by molar-refractivity contribution is -0.386. The van der Waals surface area contributed by atoms with Gasteiger partial charge in [-0.2, -0.15) is 9.78 Å². The highest BCUT2D eigenvalue weighted by molar-refractivity contribution is 9.10. The predicted octanol–water partition coefficient (Wildman–Crippen LogP) is 6.02. The molecule has 1 heterocycles. The molecule has 11 heteroatoms. The monoisotopic (exact) mass is 582 g/mol. The molecule has 38 heavy (non-hydrogen) atoms. The minimum Gasteiger partial charge on any atom is -0.490 e. The third-order valence-corrected chi connectivity index (χ3v) is 6.05. The van der Waals surface area contributed by atoms with Crippen LogP contribution in [0.4, 0.5) is 10.1 Å². The summed E-state index contributed by atoms with van der Waals surface area (Å²) in [6.07, 6.45) is 2.58. The lowest BCUT2D eigenvalue weighted by atomic mass is 10.1. The molecule has 0 spiro atoms. The van der Waals surface area contributed by atoms with Gasteiger partial charge in [-0.3, -0.25) is 14.9 Å². The van der Waals surface area contributed by atoms with E-state index >= 15 is 0 Å². The number of nitro groups is 1. The molecule has 0 fully saturated rings. The number of halogens is 2. The molecule has 0 radical (unpaired) electrons. The molecule has 9 nitrogen and oxygen atoms in total. The van der Waals surface area contributed by atoms with Crippen molar-refractivity contribution in [1.29, 1.82) is 0 Å². The SMILES string of the molecule is CCCc1nc2ccc(Br)cc2c(=O)n1N=Cc1cc(OCC)c(OCc2ccccc2F)c([N+](=O)[O-])c1. The Morgan fingerprint density at radius 1 is 1.16 bits per heavy atom. The Hall–Kier alpha value is -4.12. The first-order valence-electron chi connectivity index (χ1n) is 11.9. The zero-order chi connectivity index (χ0) is 27.2. The van der Waals surface area contributed by atoms with E-state index in [1.807, 2.05) is 13.0 Å². The number of aromatic nitrogens is 2. The van der Waals surface area contributed by atoms with Gasteiger partial charge in [0.1, 0.15) is 18.2 Å². The minimum absolute atomic E-state index is 0.0983. The molecular formula is C27H24BrFN4O5. The first-order chi connectivity index (χ1) is 18.3. The van der Waals surface area contributed by atoms with E-state index in [0.29, 0.717) is 28.7 Å². The summed E-state index contributed by atoms with van der Waals surface area (Å²) in [5.41, 5.74) is 0.366. The van der Waals surface area contributed by atoms with Crippen LogP contribution in [-0.4, -0.2) is 27.4 Å². The molecule has 4 aromatic rings. The van der Waals surface area contributed by atoms with Gasteiger partial charge in [0, 0.05) is 28.1 Å². The van der Waals surface area contributed by atoms with Crippen LogP contribution in [0.1, 0.15) is 37.2 Å². The van der Waals surface area contributed by atoms with Gasteiger partial charge in [-0.15, -0.1) is 0 Å². The fourth-order valence-corrected chi connectivity index (χ4v) is 4.18. The van der Waals surface area contributed by atoms with Crippen LogP contribution >= 0.6 is 15.9 Å². The van der Waals surface area contributed by atoms with Gasteiger partial charge in [0.25, 0.3) is 5.56 Å². The van der Waals surface area contributed by atoms with Gasteiger partial charge in [0.2, 0.25) is 5.75 Å². The maximum absolute atomic E-state index is 14.1.